The third-order valence-electron chi connectivity index (χ3n) is 3.62. The second-order valence-corrected chi connectivity index (χ2v) is 8.09. The summed E-state index contributed by atoms with van der Waals surface area (Å²) in [4.78, 5) is 11.8. The zero-order valence-electron chi connectivity index (χ0n) is 15.2. The smallest absolute Gasteiger partial charge is 0.372 e. The minimum atomic E-state index is -4.47. The molecule has 2 aromatic rings. The number of hydrogen-bond donors (Lipinski definition) is 2. The molecule has 0 heterocycles. The van der Waals surface area contributed by atoms with Gasteiger partial charge >= 0.3 is 6.18 Å². The number of ether oxygens (including phenoxy) is 1. The summed E-state index contributed by atoms with van der Waals surface area (Å²) in [6, 6.07) is 10.5. The number of para-hydroxylation sites is 1. The number of anilines is 2. The highest BCUT2D eigenvalue weighted by molar-refractivity contribution is 7.92. The fourth-order valence-electron chi connectivity index (χ4n) is 2.29. The van der Waals surface area contributed by atoms with Crippen LogP contribution < -0.4 is 10.0 Å². The summed E-state index contributed by atoms with van der Waals surface area (Å²) in [5.74, 6) is -0.613. The van der Waals surface area contributed by atoms with Gasteiger partial charge in [-0.25, -0.2) is 8.42 Å². The summed E-state index contributed by atoms with van der Waals surface area (Å²) < 4.78 is 68.2. The molecule has 0 saturated heterocycles. The summed E-state index contributed by atoms with van der Waals surface area (Å²) in [5.41, 5.74) is 0.803. The Morgan fingerprint density at radius 1 is 1.17 bits per heavy atom. The molecule has 6 nitrogen and oxygen atoms in total. The first kappa shape index (κ1) is 23.0. The van der Waals surface area contributed by atoms with Crippen LogP contribution in [0.25, 0.3) is 0 Å². The lowest BCUT2D eigenvalue weighted by atomic mass is 10.2. The molecule has 2 N–H and O–H groups in total. The largest absolute Gasteiger partial charge is 0.411 e. The SMILES string of the molecule is Cc1ccc(NC(=O)CCOCC(F)(F)F)cc1S(=O)(=O)Nc1ccccc1Cl. The minimum absolute atomic E-state index is 0.0801. The van der Waals surface area contributed by atoms with Crippen molar-refractivity contribution >= 4 is 38.9 Å². The third-order valence-corrected chi connectivity index (χ3v) is 5.46. The number of hydrogen-bond acceptors (Lipinski definition) is 4. The summed E-state index contributed by atoms with van der Waals surface area (Å²) in [5, 5.41) is 2.66. The van der Waals surface area contributed by atoms with Gasteiger partial charge in [-0.2, -0.15) is 13.2 Å². The van der Waals surface area contributed by atoms with Crippen molar-refractivity contribution in [2.45, 2.75) is 24.4 Å². The number of amides is 1. The van der Waals surface area contributed by atoms with Gasteiger partial charge in [-0.3, -0.25) is 9.52 Å². The Hall–Kier alpha value is -2.30. The first-order valence-corrected chi connectivity index (χ1v) is 10.2. The van der Waals surface area contributed by atoms with Crippen LogP contribution in [0.15, 0.2) is 47.4 Å². The number of benzene rings is 2. The molecule has 0 aliphatic heterocycles. The second-order valence-electron chi connectivity index (χ2n) is 6.03. The molecule has 0 aliphatic carbocycles. The van der Waals surface area contributed by atoms with Gasteiger partial charge in [0, 0.05) is 5.69 Å². The van der Waals surface area contributed by atoms with Crippen LogP contribution in [0.2, 0.25) is 5.02 Å². The molecule has 11 heteroatoms. The molecule has 0 spiro atoms. The lowest BCUT2D eigenvalue weighted by molar-refractivity contribution is -0.174. The van der Waals surface area contributed by atoms with Crippen molar-refractivity contribution in [2.75, 3.05) is 23.3 Å². The van der Waals surface area contributed by atoms with Gasteiger partial charge in [-0.05, 0) is 36.8 Å². The predicted octanol–water partition coefficient (Wildman–Crippen LogP) is 4.36. The van der Waals surface area contributed by atoms with Crippen molar-refractivity contribution in [3.8, 4) is 0 Å². The van der Waals surface area contributed by atoms with Crippen LogP contribution in [0.1, 0.15) is 12.0 Å². The van der Waals surface area contributed by atoms with Crippen molar-refractivity contribution in [2.24, 2.45) is 0 Å². The van der Waals surface area contributed by atoms with Crippen LogP contribution in [-0.2, 0) is 19.6 Å². The summed E-state index contributed by atoms with van der Waals surface area (Å²) in [6.07, 6.45) is -4.78. The fraction of sp³-hybridized carbons (Fsp3) is 0.278. The molecular weight excluding hydrogens is 433 g/mol. The maximum atomic E-state index is 12.7. The zero-order chi connectivity index (χ0) is 21.7. The summed E-state index contributed by atoms with van der Waals surface area (Å²) >= 11 is 5.98. The number of nitrogens with one attached hydrogen (secondary N) is 2. The normalized spacial score (nSPS) is 11.9. The van der Waals surface area contributed by atoms with E-state index < -0.39 is 35.3 Å². The topological polar surface area (TPSA) is 84.5 Å². The first-order valence-electron chi connectivity index (χ1n) is 8.30. The molecule has 0 radical (unpaired) electrons. The Balaban J connectivity index is 2.07. The fourth-order valence-corrected chi connectivity index (χ4v) is 3.88. The van der Waals surface area contributed by atoms with Crippen molar-refractivity contribution in [3.05, 3.63) is 53.1 Å². The van der Waals surface area contributed by atoms with Crippen molar-refractivity contribution in [3.63, 3.8) is 0 Å². The van der Waals surface area contributed by atoms with E-state index in [0.717, 1.165) is 0 Å². The minimum Gasteiger partial charge on any atom is -0.372 e. The highest BCUT2D eigenvalue weighted by Gasteiger charge is 2.27. The van der Waals surface area contributed by atoms with Gasteiger partial charge in [0.25, 0.3) is 10.0 Å². The lowest BCUT2D eigenvalue weighted by Gasteiger charge is -2.13. The van der Waals surface area contributed by atoms with Gasteiger partial charge in [0.2, 0.25) is 5.91 Å². The van der Waals surface area contributed by atoms with Crippen LogP contribution in [0.3, 0.4) is 0 Å². The Morgan fingerprint density at radius 2 is 1.86 bits per heavy atom. The van der Waals surface area contributed by atoms with Crippen molar-refractivity contribution in [1.82, 2.24) is 0 Å². The van der Waals surface area contributed by atoms with Gasteiger partial charge in [0.15, 0.2) is 0 Å². The average molecular weight is 451 g/mol. The number of rotatable bonds is 8. The Kier molecular flexibility index (Phi) is 7.50. The van der Waals surface area contributed by atoms with E-state index in [2.05, 4.69) is 14.8 Å². The van der Waals surface area contributed by atoms with Crippen LogP contribution in [-0.4, -0.2) is 33.7 Å². The Labute approximate surface area is 171 Å². The van der Waals surface area contributed by atoms with E-state index in [9.17, 15) is 26.4 Å². The van der Waals surface area contributed by atoms with E-state index in [1.807, 2.05) is 0 Å². The molecule has 1 amide bonds. The summed E-state index contributed by atoms with van der Waals surface area (Å²) in [7, 11) is -4.00. The molecule has 158 valence electrons. The first-order chi connectivity index (χ1) is 13.5. The molecule has 2 aromatic carbocycles. The van der Waals surface area contributed by atoms with Gasteiger partial charge in [-0.1, -0.05) is 29.8 Å². The number of halogens is 4. The molecule has 2 rings (SSSR count). The average Bonchev–Trinajstić information content (AvgIpc) is 2.61. The van der Waals surface area contributed by atoms with Gasteiger partial charge < -0.3 is 10.1 Å². The van der Waals surface area contributed by atoms with Crippen molar-refractivity contribution in [1.29, 1.82) is 0 Å². The van der Waals surface area contributed by atoms with Crippen LogP contribution in [0.5, 0.6) is 0 Å². The van der Waals surface area contributed by atoms with Gasteiger partial charge in [0.1, 0.15) is 6.61 Å². The highest BCUT2D eigenvalue weighted by atomic mass is 35.5. The molecule has 0 unspecified atom stereocenters. The Bertz CT molecular complexity index is 981. The molecule has 0 fully saturated rings. The molecule has 0 aromatic heterocycles. The number of aryl methyl sites for hydroxylation is 1. The number of carbonyl (C=O) groups excluding carboxylic acids is 1. The third kappa shape index (κ3) is 7.22. The van der Waals surface area contributed by atoms with E-state index in [1.54, 1.807) is 19.1 Å². The lowest BCUT2D eigenvalue weighted by Crippen LogP contribution is -2.20. The van der Waals surface area contributed by atoms with Crippen LogP contribution in [0.4, 0.5) is 24.5 Å². The van der Waals surface area contributed by atoms with Crippen molar-refractivity contribution < 1.29 is 31.1 Å². The summed E-state index contributed by atoms with van der Waals surface area (Å²) in [6.45, 7) is -0.283. The quantitative estimate of drug-likeness (QED) is 0.585. The molecule has 29 heavy (non-hydrogen) atoms. The highest BCUT2D eigenvalue weighted by Crippen LogP contribution is 2.27. The van der Waals surface area contributed by atoms with E-state index in [1.165, 1.54) is 30.3 Å². The van der Waals surface area contributed by atoms with E-state index >= 15 is 0 Å². The molecular formula is C18H18ClF3N2O4S. The number of sulfonamides is 1. The predicted molar refractivity (Wildman–Crippen MR) is 104 cm³/mol. The standard InChI is InChI=1S/C18H18ClF3N2O4S/c1-12-6-7-13(23-17(25)8-9-28-11-18(20,21)22)10-16(12)29(26,27)24-15-5-3-2-4-14(15)19/h2-7,10,24H,8-9,11H2,1H3,(H,23,25). The second kappa shape index (κ2) is 9.47. The number of alkyl halides is 3. The maximum absolute atomic E-state index is 12.7. The van der Waals surface area contributed by atoms with E-state index in [4.69, 9.17) is 11.6 Å². The van der Waals surface area contributed by atoms with Gasteiger partial charge in [0.05, 0.1) is 28.6 Å². The van der Waals surface area contributed by atoms with E-state index in [-0.39, 0.29) is 27.7 Å². The Morgan fingerprint density at radius 3 is 2.52 bits per heavy atom. The zero-order valence-corrected chi connectivity index (χ0v) is 16.8. The monoisotopic (exact) mass is 450 g/mol. The molecule has 0 bridgehead atoms. The molecule has 0 atom stereocenters. The number of carbonyl (C=O) groups is 1. The van der Waals surface area contributed by atoms with Crippen LogP contribution >= 0.6 is 11.6 Å². The molecule has 0 saturated carbocycles. The molecule has 0 aliphatic rings. The van der Waals surface area contributed by atoms with E-state index in [0.29, 0.717) is 5.56 Å². The van der Waals surface area contributed by atoms with Crippen LogP contribution in [0, 0.1) is 6.92 Å². The van der Waals surface area contributed by atoms with Gasteiger partial charge in [-0.15, -0.1) is 0 Å². The maximum Gasteiger partial charge on any atom is 0.411 e.